The fourth-order valence-electron chi connectivity index (χ4n) is 2.92. The second kappa shape index (κ2) is 9.26. The summed E-state index contributed by atoms with van der Waals surface area (Å²) in [6.45, 7) is 0. The lowest BCUT2D eigenvalue weighted by Gasteiger charge is -2.04. The summed E-state index contributed by atoms with van der Waals surface area (Å²) in [5, 5.41) is 13.1. The smallest absolute Gasteiger partial charge is 0.408 e. The first-order valence-corrected chi connectivity index (χ1v) is 11.0. The van der Waals surface area contributed by atoms with Gasteiger partial charge in [0.25, 0.3) is 0 Å². The average molecular weight is 445 g/mol. The van der Waals surface area contributed by atoms with Crippen molar-refractivity contribution in [1.82, 2.24) is 4.57 Å². The van der Waals surface area contributed by atoms with Crippen LogP contribution in [0, 0.1) is 0 Å². The molecule has 10 heteroatoms. The van der Waals surface area contributed by atoms with Gasteiger partial charge < -0.3 is 9.12 Å². The van der Waals surface area contributed by atoms with Gasteiger partial charge in [0, 0.05) is 23.4 Å². The number of azo groups is 1. The van der Waals surface area contributed by atoms with Crippen LogP contribution in [0.5, 0.6) is 0 Å². The van der Waals surface area contributed by atoms with E-state index in [4.69, 9.17) is 0 Å². The molecule has 0 radical (unpaired) electrons. The van der Waals surface area contributed by atoms with Crippen LogP contribution in [-0.2, 0) is 28.7 Å². The van der Waals surface area contributed by atoms with Gasteiger partial charge in [-0.05, 0) is 22.5 Å². The molecule has 156 valence electrons. The number of benzene rings is 2. The number of aryl methyl sites for hydroxylation is 2. The topological polar surface area (TPSA) is 100.0 Å². The zero-order chi connectivity index (χ0) is 21.7. The minimum atomic E-state index is -4.41. The van der Waals surface area contributed by atoms with Crippen LogP contribution in [0.2, 0.25) is 0 Å². The van der Waals surface area contributed by atoms with Crippen LogP contribution in [0.4, 0.5) is 10.8 Å². The van der Waals surface area contributed by atoms with E-state index in [1.807, 2.05) is 47.5 Å². The molecule has 0 spiro atoms. The summed E-state index contributed by atoms with van der Waals surface area (Å²) in [6, 6.07) is 18.7. The predicted molar refractivity (Wildman–Crippen MR) is 115 cm³/mol. The van der Waals surface area contributed by atoms with Gasteiger partial charge in [0.05, 0.1) is 30.5 Å². The fraction of sp³-hybridized carbons (Fsp3) is 0.150. The zero-order valence-electron chi connectivity index (χ0n) is 16.6. The molecule has 0 unspecified atom stereocenters. The van der Waals surface area contributed by atoms with Crippen molar-refractivity contribution < 1.29 is 21.7 Å². The van der Waals surface area contributed by atoms with E-state index >= 15 is 0 Å². The van der Waals surface area contributed by atoms with Gasteiger partial charge in [0.1, 0.15) is 11.9 Å². The number of hydrogen-bond acceptors (Lipinski definition) is 7. The molecule has 8 nitrogen and oxygen atoms in total. The van der Waals surface area contributed by atoms with E-state index in [9.17, 15) is 13.0 Å². The van der Waals surface area contributed by atoms with Crippen molar-refractivity contribution in [2.45, 2.75) is 0 Å². The molecule has 2 heterocycles. The second-order valence-corrected chi connectivity index (χ2v) is 8.23. The monoisotopic (exact) mass is 444 g/mol. The summed E-state index contributed by atoms with van der Waals surface area (Å²) >= 11 is 1.58. The lowest BCUT2D eigenvalue weighted by atomic mass is 10.1. The van der Waals surface area contributed by atoms with E-state index in [0.29, 0.717) is 0 Å². The van der Waals surface area contributed by atoms with E-state index in [-0.39, 0.29) is 0 Å². The maximum atomic E-state index is 9.22. The molecule has 0 saturated carbocycles. The molecule has 0 fully saturated rings. The number of para-hydroxylation sites is 1. The zero-order valence-corrected chi connectivity index (χ0v) is 18.2. The molecule has 2 aromatic heterocycles. The van der Waals surface area contributed by atoms with Crippen molar-refractivity contribution in [3.63, 3.8) is 0 Å². The minimum Gasteiger partial charge on any atom is -0.726 e. The summed E-state index contributed by atoms with van der Waals surface area (Å²) in [4.78, 5) is 0. The minimum absolute atomic E-state index is 0.808. The van der Waals surface area contributed by atoms with Gasteiger partial charge in [-0.2, -0.15) is 0 Å². The van der Waals surface area contributed by atoms with E-state index in [1.54, 1.807) is 11.3 Å². The maximum Gasteiger partial charge on any atom is 0.408 e. The number of hydrogen-bond donors (Lipinski definition) is 0. The van der Waals surface area contributed by atoms with Crippen LogP contribution in [0.25, 0.3) is 22.2 Å². The Kier molecular flexibility index (Phi) is 6.73. The summed E-state index contributed by atoms with van der Waals surface area (Å²) < 4.78 is 35.2. The number of thiazole rings is 1. The van der Waals surface area contributed by atoms with Crippen molar-refractivity contribution in [2.75, 3.05) is 7.11 Å². The molecule has 0 bridgehead atoms. The molecule has 0 saturated heterocycles. The van der Waals surface area contributed by atoms with E-state index in [2.05, 4.69) is 56.4 Å². The van der Waals surface area contributed by atoms with Gasteiger partial charge in [-0.3, -0.25) is 4.18 Å². The summed E-state index contributed by atoms with van der Waals surface area (Å²) in [5.41, 5.74) is 4.29. The highest BCUT2D eigenvalue weighted by Gasteiger charge is 2.18. The molecule has 0 aliphatic rings. The normalized spacial score (nSPS) is 11.6. The highest BCUT2D eigenvalue weighted by atomic mass is 32.3. The first-order valence-electron chi connectivity index (χ1n) is 8.81. The SMILES string of the molecule is COS(=O)(=O)[O-].Cn1c(-c2ccccc2)c(N=Nc2scc[n+]2C)c2ccccc21. The van der Waals surface area contributed by atoms with E-state index < -0.39 is 10.4 Å². The van der Waals surface area contributed by atoms with E-state index in [0.717, 1.165) is 40.1 Å². The van der Waals surface area contributed by atoms with Crippen LogP contribution in [0.15, 0.2) is 76.4 Å². The number of fused-ring (bicyclic) bond motifs is 1. The summed E-state index contributed by atoms with van der Waals surface area (Å²) in [6.07, 6.45) is 1.99. The van der Waals surface area contributed by atoms with Gasteiger partial charge in [0.15, 0.2) is 0 Å². The Morgan fingerprint density at radius 1 is 1.07 bits per heavy atom. The first kappa shape index (κ1) is 21.8. The van der Waals surface area contributed by atoms with Crippen molar-refractivity contribution in [3.8, 4) is 11.3 Å². The Balaban J connectivity index is 0.000000377. The standard InChI is InChI=1S/C19H17N4S.CH4O4S/c1-22-12-13-24-19(22)21-20-17-15-10-6-7-11-16(15)23(2)18(17)14-8-4-3-5-9-14;1-5-6(2,3)4/h3-13H,1-2H3;1H3,(H,2,3,4)/q+1;/p-1. The third-order valence-electron chi connectivity index (χ3n) is 4.33. The molecule has 0 atom stereocenters. The number of rotatable bonds is 4. The van der Waals surface area contributed by atoms with Gasteiger partial charge in [0.2, 0.25) is 10.4 Å². The molecular formula is C20H20N4O4S2. The molecule has 0 aliphatic carbocycles. The number of aromatic nitrogens is 2. The Bertz CT molecular complexity index is 1280. The summed E-state index contributed by atoms with van der Waals surface area (Å²) in [7, 11) is 0.452. The highest BCUT2D eigenvalue weighted by molar-refractivity contribution is 7.80. The van der Waals surface area contributed by atoms with Crippen LogP contribution < -0.4 is 4.57 Å². The van der Waals surface area contributed by atoms with Gasteiger partial charge >= 0.3 is 5.13 Å². The number of nitrogens with zero attached hydrogens (tertiary/aromatic N) is 4. The second-order valence-electron chi connectivity index (χ2n) is 6.21. The summed E-state index contributed by atoms with van der Waals surface area (Å²) in [5.74, 6) is 0. The van der Waals surface area contributed by atoms with Crippen molar-refractivity contribution in [1.29, 1.82) is 0 Å². The lowest BCUT2D eigenvalue weighted by molar-refractivity contribution is -0.654. The molecule has 30 heavy (non-hydrogen) atoms. The van der Waals surface area contributed by atoms with Crippen molar-refractivity contribution in [3.05, 3.63) is 66.2 Å². The van der Waals surface area contributed by atoms with Gasteiger partial charge in [-0.15, -0.1) is 0 Å². The predicted octanol–water partition coefficient (Wildman–Crippen LogP) is 4.24. The highest BCUT2D eigenvalue weighted by Crippen LogP contribution is 2.40. The third kappa shape index (κ3) is 4.97. The lowest BCUT2D eigenvalue weighted by Crippen LogP contribution is -2.23. The molecular weight excluding hydrogens is 424 g/mol. The van der Waals surface area contributed by atoms with Crippen LogP contribution in [0.1, 0.15) is 0 Å². The van der Waals surface area contributed by atoms with Gasteiger partial charge in [-0.25, -0.2) is 13.0 Å². The van der Waals surface area contributed by atoms with Crippen molar-refractivity contribution >= 4 is 43.5 Å². The first-order chi connectivity index (χ1) is 14.3. The van der Waals surface area contributed by atoms with Crippen LogP contribution in [0.3, 0.4) is 0 Å². The van der Waals surface area contributed by atoms with Crippen LogP contribution >= 0.6 is 11.3 Å². The maximum absolute atomic E-state index is 9.22. The van der Waals surface area contributed by atoms with Crippen molar-refractivity contribution in [2.24, 2.45) is 24.3 Å². The van der Waals surface area contributed by atoms with Crippen LogP contribution in [-0.4, -0.2) is 24.6 Å². The molecule has 0 aliphatic heterocycles. The molecule has 2 aromatic carbocycles. The Morgan fingerprint density at radius 2 is 1.70 bits per heavy atom. The Labute approximate surface area is 178 Å². The molecule has 0 N–H and O–H groups in total. The average Bonchev–Trinajstić information content (AvgIpc) is 3.28. The van der Waals surface area contributed by atoms with E-state index in [1.165, 1.54) is 0 Å². The quantitative estimate of drug-likeness (QED) is 0.203. The van der Waals surface area contributed by atoms with Gasteiger partial charge in [-0.1, -0.05) is 48.5 Å². The largest absolute Gasteiger partial charge is 0.726 e. The fourth-order valence-corrected chi connectivity index (χ4v) is 3.60. The molecule has 4 aromatic rings. The Hall–Kier alpha value is -2.92. The third-order valence-corrected chi connectivity index (χ3v) is 5.57. The molecule has 4 rings (SSSR count). The molecule has 0 amide bonds. The Morgan fingerprint density at radius 3 is 2.30 bits per heavy atom.